The Kier molecular flexibility index (Phi) is 4.46. The molecule has 2 aromatic carbocycles. The first kappa shape index (κ1) is 17.5. The van der Waals surface area contributed by atoms with Gasteiger partial charge in [0.1, 0.15) is 0 Å². The highest BCUT2D eigenvalue weighted by Crippen LogP contribution is 2.31. The van der Waals surface area contributed by atoms with Crippen molar-refractivity contribution in [3.63, 3.8) is 0 Å². The molecule has 2 heterocycles. The van der Waals surface area contributed by atoms with Crippen LogP contribution in [0.1, 0.15) is 11.1 Å². The van der Waals surface area contributed by atoms with E-state index in [2.05, 4.69) is 24.0 Å². The van der Waals surface area contributed by atoms with Crippen LogP contribution in [0.4, 0.5) is 5.13 Å². The summed E-state index contributed by atoms with van der Waals surface area (Å²) in [5.41, 5.74) is 3.27. The molecule has 0 N–H and O–H groups in total. The quantitative estimate of drug-likeness (QED) is 0.691. The maximum Gasteiger partial charge on any atom is 0.243 e. The zero-order valence-electron chi connectivity index (χ0n) is 14.8. The topological polar surface area (TPSA) is 53.5 Å². The summed E-state index contributed by atoms with van der Waals surface area (Å²) in [6.07, 6.45) is 0. The molecule has 1 aliphatic heterocycles. The molecule has 0 aliphatic carbocycles. The zero-order valence-corrected chi connectivity index (χ0v) is 16.5. The summed E-state index contributed by atoms with van der Waals surface area (Å²) < 4.78 is 28.4. The Balaban J connectivity index is 1.51. The molecule has 0 radical (unpaired) electrons. The Bertz CT molecular complexity index is 1030. The number of aryl methyl sites for hydroxylation is 2. The average Bonchev–Trinajstić information content (AvgIpc) is 3.08. The number of anilines is 1. The first-order chi connectivity index (χ1) is 12.4. The van der Waals surface area contributed by atoms with E-state index < -0.39 is 10.0 Å². The van der Waals surface area contributed by atoms with Gasteiger partial charge < -0.3 is 4.90 Å². The van der Waals surface area contributed by atoms with Crippen molar-refractivity contribution in [2.75, 3.05) is 31.1 Å². The molecule has 5 nitrogen and oxygen atoms in total. The largest absolute Gasteiger partial charge is 0.345 e. The lowest BCUT2D eigenvalue weighted by Gasteiger charge is -2.33. The predicted molar refractivity (Wildman–Crippen MR) is 107 cm³/mol. The maximum absolute atomic E-state index is 12.8. The van der Waals surface area contributed by atoms with Crippen LogP contribution in [-0.2, 0) is 10.0 Å². The number of piperazine rings is 1. The molecule has 7 heteroatoms. The molecule has 1 saturated heterocycles. The van der Waals surface area contributed by atoms with Crippen LogP contribution in [0.5, 0.6) is 0 Å². The fraction of sp³-hybridized carbons (Fsp3) is 0.316. The fourth-order valence-corrected chi connectivity index (χ4v) is 5.71. The first-order valence-corrected chi connectivity index (χ1v) is 10.9. The summed E-state index contributed by atoms with van der Waals surface area (Å²) >= 11 is 1.67. The summed E-state index contributed by atoms with van der Waals surface area (Å²) in [7, 11) is -3.43. The lowest BCUT2D eigenvalue weighted by molar-refractivity contribution is 0.385. The molecule has 1 aliphatic rings. The highest BCUT2D eigenvalue weighted by molar-refractivity contribution is 7.89. The van der Waals surface area contributed by atoms with Crippen molar-refractivity contribution in [1.82, 2.24) is 9.29 Å². The molecule has 1 aromatic heterocycles. The Morgan fingerprint density at radius 3 is 2.31 bits per heavy atom. The molecular weight excluding hydrogens is 366 g/mol. The molecular formula is C19H21N3O2S2. The Morgan fingerprint density at radius 2 is 1.65 bits per heavy atom. The van der Waals surface area contributed by atoms with Crippen molar-refractivity contribution in [1.29, 1.82) is 0 Å². The number of thiazole rings is 1. The van der Waals surface area contributed by atoms with Crippen LogP contribution in [0, 0.1) is 13.8 Å². The van der Waals surface area contributed by atoms with Crippen LogP contribution in [0.2, 0.25) is 0 Å². The number of nitrogens with zero attached hydrogens (tertiary/aromatic N) is 3. The summed E-state index contributed by atoms with van der Waals surface area (Å²) in [6, 6.07) is 13.3. The molecule has 136 valence electrons. The van der Waals surface area contributed by atoms with Crippen molar-refractivity contribution in [2.24, 2.45) is 0 Å². The summed E-state index contributed by atoms with van der Waals surface area (Å²) in [6.45, 7) is 6.29. The monoisotopic (exact) mass is 387 g/mol. The molecule has 4 rings (SSSR count). The number of sulfonamides is 1. The maximum atomic E-state index is 12.8. The van der Waals surface area contributed by atoms with Crippen molar-refractivity contribution in [3.8, 4) is 0 Å². The lowest BCUT2D eigenvalue weighted by Crippen LogP contribution is -2.48. The van der Waals surface area contributed by atoms with Crippen LogP contribution in [-0.4, -0.2) is 43.9 Å². The van der Waals surface area contributed by atoms with E-state index >= 15 is 0 Å². The van der Waals surface area contributed by atoms with Gasteiger partial charge in [0.2, 0.25) is 10.0 Å². The van der Waals surface area contributed by atoms with Gasteiger partial charge in [0.05, 0.1) is 15.1 Å². The van der Waals surface area contributed by atoms with Crippen LogP contribution in [0.25, 0.3) is 10.2 Å². The second kappa shape index (κ2) is 6.64. The summed E-state index contributed by atoms with van der Waals surface area (Å²) in [5, 5.41) is 0.974. The van der Waals surface area contributed by atoms with Crippen molar-refractivity contribution in [2.45, 2.75) is 18.7 Å². The minimum Gasteiger partial charge on any atom is -0.345 e. The number of fused-ring (bicyclic) bond motifs is 1. The van der Waals surface area contributed by atoms with Gasteiger partial charge in [-0.25, -0.2) is 13.4 Å². The molecule has 0 bridgehead atoms. The molecule has 0 amide bonds. The molecule has 0 spiro atoms. The Hall–Kier alpha value is -1.96. The molecule has 0 saturated carbocycles. The molecule has 1 fully saturated rings. The second-order valence-corrected chi connectivity index (χ2v) is 9.57. The second-order valence-electron chi connectivity index (χ2n) is 6.62. The number of benzene rings is 2. The molecule has 26 heavy (non-hydrogen) atoms. The molecule has 0 atom stereocenters. The minimum atomic E-state index is -3.43. The van der Waals surface area contributed by atoms with Gasteiger partial charge in [0, 0.05) is 26.2 Å². The SMILES string of the molecule is Cc1ccc(S(=O)(=O)N2CCN(c3nc4c(C)cccc4s3)CC2)cc1. The Labute approximate surface area is 157 Å². The van der Waals surface area contributed by atoms with Gasteiger partial charge in [-0.05, 0) is 37.6 Å². The van der Waals surface area contributed by atoms with E-state index in [1.807, 2.05) is 25.1 Å². The van der Waals surface area contributed by atoms with Gasteiger partial charge in [-0.2, -0.15) is 4.31 Å². The van der Waals surface area contributed by atoms with Gasteiger partial charge in [0.25, 0.3) is 0 Å². The first-order valence-electron chi connectivity index (χ1n) is 8.63. The van der Waals surface area contributed by atoms with Crippen LogP contribution in [0.15, 0.2) is 47.4 Å². The predicted octanol–water partition coefficient (Wildman–Crippen LogP) is 3.42. The molecule has 3 aromatic rings. The number of rotatable bonds is 3. The van der Waals surface area contributed by atoms with E-state index in [1.54, 1.807) is 27.8 Å². The van der Waals surface area contributed by atoms with Crippen LogP contribution in [0.3, 0.4) is 0 Å². The van der Waals surface area contributed by atoms with Crippen molar-refractivity contribution < 1.29 is 8.42 Å². The molecule has 0 unspecified atom stereocenters. The van der Waals surface area contributed by atoms with E-state index in [0.29, 0.717) is 31.1 Å². The third-order valence-electron chi connectivity index (χ3n) is 4.78. The number of aromatic nitrogens is 1. The van der Waals surface area contributed by atoms with E-state index in [0.717, 1.165) is 16.2 Å². The highest BCUT2D eigenvalue weighted by Gasteiger charge is 2.29. The van der Waals surface area contributed by atoms with Crippen LogP contribution < -0.4 is 4.90 Å². The van der Waals surface area contributed by atoms with Gasteiger partial charge in [-0.3, -0.25) is 0 Å². The standard InChI is InChI=1S/C19H21N3O2S2/c1-14-6-8-16(9-7-14)26(23,24)22-12-10-21(11-13-22)19-20-18-15(2)4-3-5-17(18)25-19/h3-9H,10-13H2,1-2H3. The van der Waals surface area contributed by atoms with Crippen molar-refractivity contribution >= 4 is 36.7 Å². The van der Waals surface area contributed by atoms with Crippen molar-refractivity contribution in [3.05, 3.63) is 53.6 Å². The van der Waals surface area contributed by atoms with Gasteiger partial charge >= 0.3 is 0 Å². The van der Waals surface area contributed by atoms with E-state index in [4.69, 9.17) is 4.98 Å². The average molecular weight is 388 g/mol. The normalized spacial score (nSPS) is 16.3. The third-order valence-corrected chi connectivity index (χ3v) is 7.77. The third kappa shape index (κ3) is 3.11. The van der Waals surface area contributed by atoms with Gasteiger partial charge in [-0.15, -0.1) is 0 Å². The van der Waals surface area contributed by atoms with E-state index in [-0.39, 0.29) is 0 Å². The highest BCUT2D eigenvalue weighted by atomic mass is 32.2. The van der Waals surface area contributed by atoms with Crippen LogP contribution >= 0.6 is 11.3 Å². The number of para-hydroxylation sites is 1. The fourth-order valence-electron chi connectivity index (χ4n) is 3.19. The minimum absolute atomic E-state index is 0.368. The van der Waals surface area contributed by atoms with E-state index in [9.17, 15) is 8.42 Å². The zero-order chi connectivity index (χ0) is 18.3. The van der Waals surface area contributed by atoms with Gasteiger partial charge in [-0.1, -0.05) is 41.2 Å². The smallest absolute Gasteiger partial charge is 0.243 e. The lowest BCUT2D eigenvalue weighted by atomic mass is 10.2. The van der Waals surface area contributed by atoms with Gasteiger partial charge in [0.15, 0.2) is 5.13 Å². The number of hydrogen-bond donors (Lipinski definition) is 0. The summed E-state index contributed by atoms with van der Waals surface area (Å²) in [5.74, 6) is 0. The summed E-state index contributed by atoms with van der Waals surface area (Å²) in [4.78, 5) is 7.32. The Morgan fingerprint density at radius 1 is 0.962 bits per heavy atom. The number of hydrogen-bond acceptors (Lipinski definition) is 5. The van der Waals surface area contributed by atoms with E-state index in [1.165, 1.54) is 10.3 Å².